The summed E-state index contributed by atoms with van der Waals surface area (Å²) in [6.45, 7) is 9.25. The molecule has 0 saturated heterocycles. The van der Waals surface area contributed by atoms with Crippen LogP contribution in [0.1, 0.15) is 19.4 Å². The minimum Gasteiger partial charge on any atom is -0.302 e. The normalized spacial score (nSPS) is 11.5. The van der Waals surface area contributed by atoms with Gasteiger partial charge in [-0.15, -0.1) is 24.2 Å². The van der Waals surface area contributed by atoms with Crippen molar-refractivity contribution in [3.63, 3.8) is 0 Å². The third kappa shape index (κ3) is 7.16. The lowest BCUT2D eigenvalue weighted by molar-refractivity contribution is -0.116. The standard InChI is InChI=1S/C23H29N3O3S3.ClH/c1-5-25(6-2)14-15-26(21(27)16-30-18-12-10-17(3)11-13-18)23-24-22-19(31-23)8-7-9-20(22)32(4,28)29;/h7-13H,5-6,14-16H2,1-4H3;1H. The maximum Gasteiger partial charge on any atom is 0.239 e. The van der Waals surface area contributed by atoms with Crippen molar-refractivity contribution in [2.45, 2.75) is 30.6 Å². The zero-order valence-corrected chi connectivity index (χ0v) is 22.5. The number of aromatic nitrogens is 1. The number of fused-ring (bicyclic) bond motifs is 1. The second-order valence-electron chi connectivity index (χ2n) is 7.55. The average molecular weight is 528 g/mol. The minimum atomic E-state index is -3.42. The lowest BCUT2D eigenvalue weighted by atomic mass is 10.2. The molecule has 0 fully saturated rings. The van der Waals surface area contributed by atoms with Gasteiger partial charge in [-0.1, -0.05) is 48.9 Å². The van der Waals surface area contributed by atoms with Gasteiger partial charge in [-0.2, -0.15) is 0 Å². The third-order valence-corrected chi connectivity index (χ3v) is 8.39. The van der Waals surface area contributed by atoms with E-state index >= 15 is 0 Å². The van der Waals surface area contributed by atoms with Crippen LogP contribution in [-0.2, 0) is 14.6 Å². The van der Waals surface area contributed by atoms with E-state index < -0.39 is 9.84 Å². The number of amides is 1. The molecular weight excluding hydrogens is 498 g/mol. The van der Waals surface area contributed by atoms with Gasteiger partial charge in [0.2, 0.25) is 5.91 Å². The van der Waals surface area contributed by atoms with E-state index in [-0.39, 0.29) is 29.0 Å². The molecule has 1 amide bonds. The molecule has 6 nitrogen and oxygen atoms in total. The largest absolute Gasteiger partial charge is 0.302 e. The van der Waals surface area contributed by atoms with Gasteiger partial charge in [-0.05, 0) is 44.3 Å². The van der Waals surface area contributed by atoms with E-state index in [0.29, 0.717) is 17.2 Å². The quantitative estimate of drug-likeness (QED) is 0.349. The van der Waals surface area contributed by atoms with Crippen molar-refractivity contribution >= 4 is 66.6 Å². The Kier molecular flexibility index (Phi) is 10.2. The van der Waals surface area contributed by atoms with Gasteiger partial charge in [0.25, 0.3) is 0 Å². The van der Waals surface area contributed by atoms with E-state index in [0.717, 1.165) is 29.2 Å². The van der Waals surface area contributed by atoms with Crippen LogP contribution in [0.25, 0.3) is 10.2 Å². The van der Waals surface area contributed by atoms with Crippen molar-refractivity contribution in [2.75, 3.05) is 43.1 Å². The van der Waals surface area contributed by atoms with E-state index in [1.54, 1.807) is 17.0 Å². The number of thioether (sulfide) groups is 1. The Morgan fingerprint density at radius 2 is 1.73 bits per heavy atom. The van der Waals surface area contributed by atoms with Crippen molar-refractivity contribution < 1.29 is 13.2 Å². The number of hydrogen-bond acceptors (Lipinski definition) is 7. The van der Waals surface area contributed by atoms with Crippen LogP contribution in [0.5, 0.6) is 0 Å². The van der Waals surface area contributed by atoms with Gasteiger partial charge in [-0.3, -0.25) is 9.69 Å². The first-order chi connectivity index (χ1) is 15.2. The second kappa shape index (κ2) is 12.2. The van der Waals surface area contributed by atoms with Crippen LogP contribution in [0.3, 0.4) is 0 Å². The highest BCUT2D eigenvalue weighted by Gasteiger charge is 2.23. The molecule has 0 N–H and O–H groups in total. The van der Waals surface area contributed by atoms with Crippen molar-refractivity contribution in [2.24, 2.45) is 0 Å². The highest BCUT2D eigenvalue weighted by atomic mass is 35.5. The average Bonchev–Trinajstić information content (AvgIpc) is 3.19. The third-order valence-electron chi connectivity index (χ3n) is 5.22. The molecule has 0 unspecified atom stereocenters. The molecule has 3 aromatic rings. The maximum atomic E-state index is 13.3. The van der Waals surface area contributed by atoms with Gasteiger partial charge in [0.1, 0.15) is 5.52 Å². The number of nitrogens with zero attached hydrogens (tertiary/aromatic N) is 3. The number of halogens is 1. The molecule has 0 atom stereocenters. The molecule has 0 radical (unpaired) electrons. The summed E-state index contributed by atoms with van der Waals surface area (Å²) < 4.78 is 25.2. The number of sulfone groups is 1. The molecule has 0 bridgehead atoms. The molecule has 0 aliphatic rings. The number of hydrogen-bond donors (Lipinski definition) is 0. The Bertz CT molecular complexity index is 1180. The molecule has 0 aliphatic carbocycles. The zero-order chi connectivity index (χ0) is 23.3. The van der Waals surface area contributed by atoms with Crippen LogP contribution in [0.4, 0.5) is 5.13 Å². The van der Waals surface area contributed by atoms with Crippen LogP contribution in [0.2, 0.25) is 0 Å². The number of anilines is 1. The fraction of sp³-hybridized carbons (Fsp3) is 0.391. The molecule has 0 spiro atoms. The number of carbonyl (C=O) groups is 1. The fourth-order valence-electron chi connectivity index (χ4n) is 3.29. The zero-order valence-electron chi connectivity index (χ0n) is 19.3. The van der Waals surface area contributed by atoms with Crippen LogP contribution in [0, 0.1) is 6.92 Å². The van der Waals surface area contributed by atoms with Gasteiger partial charge in [-0.25, -0.2) is 13.4 Å². The Balaban J connectivity index is 0.00000385. The summed E-state index contributed by atoms with van der Waals surface area (Å²) in [5.41, 5.74) is 1.61. The number of carbonyl (C=O) groups excluding carboxylic acids is 1. The molecule has 0 aliphatic heterocycles. The monoisotopic (exact) mass is 527 g/mol. The topological polar surface area (TPSA) is 70.6 Å². The first kappa shape index (κ1) is 27.6. The summed E-state index contributed by atoms with van der Waals surface area (Å²) in [4.78, 5) is 23.1. The highest BCUT2D eigenvalue weighted by molar-refractivity contribution is 8.00. The summed E-state index contributed by atoms with van der Waals surface area (Å²) in [6, 6.07) is 13.2. The molecule has 0 saturated carbocycles. The van der Waals surface area contributed by atoms with Gasteiger partial charge in [0, 0.05) is 24.2 Å². The predicted octanol–water partition coefficient (Wildman–Crippen LogP) is 4.90. The van der Waals surface area contributed by atoms with E-state index in [1.807, 2.05) is 37.3 Å². The van der Waals surface area contributed by atoms with Crippen LogP contribution < -0.4 is 4.90 Å². The molecule has 33 heavy (non-hydrogen) atoms. The summed E-state index contributed by atoms with van der Waals surface area (Å²) in [6.07, 6.45) is 1.18. The van der Waals surface area contributed by atoms with Gasteiger partial charge in [0.05, 0.1) is 15.3 Å². The van der Waals surface area contributed by atoms with E-state index in [4.69, 9.17) is 0 Å². The number of thiazole rings is 1. The summed E-state index contributed by atoms with van der Waals surface area (Å²) in [5.74, 6) is 0.249. The summed E-state index contributed by atoms with van der Waals surface area (Å²) in [5, 5.41) is 0.540. The number of para-hydroxylation sites is 1. The van der Waals surface area contributed by atoms with Crippen molar-refractivity contribution in [1.29, 1.82) is 0 Å². The predicted molar refractivity (Wildman–Crippen MR) is 142 cm³/mol. The van der Waals surface area contributed by atoms with Crippen LogP contribution in [0.15, 0.2) is 52.3 Å². The SMILES string of the molecule is CCN(CC)CCN(C(=O)CSc1ccc(C)cc1)c1nc2c(S(C)(=O)=O)cccc2s1.Cl. The minimum absolute atomic E-state index is 0. The van der Waals surface area contributed by atoms with E-state index in [2.05, 4.69) is 23.7 Å². The first-order valence-electron chi connectivity index (χ1n) is 10.5. The summed E-state index contributed by atoms with van der Waals surface area (Å²) in [7, 11) is -3.42. The van der Waals surface area contributed by atoms with E-state index in [1.165, 1.54) is 34.9 Å². The highest BCUT2D eigenvalue weighted by Crippen LogP contribution is 2.33. The number of benzene rings is 2. The smallest absolute Gasteiger partial charge is 0.239 e. The van der Waals surface area contributed by atoms with Gasteiger partial charge in [0.15, 0.2) is 15.0 Å². The number of rotatable bonds is 10. The Morgan fingerprint density at radius 3 is 2.33 bits per heavy atom. The van der Waals surface area contributed by atoms with Crippen molar-refractivity contribution in [3.05, 3.63) is 48.0 Å². The first-order valence-corrected chi connectivity index (χ1v) is 14.2. The number of aryl methyl sites for hydroxylation is 1. The molecular formula is C23H30ClN3O3S3. The number of likely N-dealkylation sites (N-methyl/N-ethyl adjacent to an activating group) is 1. The Morgan fingerprint density at radius 1 is 1.06 bits per heavy atom. The van der Waals surface area contributed by atoms with E-state index in [9.17, 15) is 13.2 Å². The molecule has 3 rings (SSSR count). The lowest BCUT2D eigenvalue weighted by Crippen LogP contribution is -2.39. The molecule has 1 heterocycles. The molecule has 180 valence electrons. The van der Waals surface area contributed by atoms with Crippen molar-refractivity contribution in [1.82, 2.24) is 9.88 Å². The maximum absolute atomic E-state index is 13.3. The Hall–Kier alpha value is -1.65. The lowest BCUT2D eigenvalue weighted by Gasteiger charge is -2.24. The Labute approximate surface area is 210 Å². The second-order valence-corrected chi connectivity index (χ2v) is 11.6. The molecule has 2 aromatic carbocycles. The van der Waals surface area contributed by atoms with Crippen molar-refractivity contribution in [3.8, 4) is 0 Å². The fourth-order valence-corrected chi connectivity index (χ4v) is 6.00. The van der Waals surface area contributed by atoms with Gasteiger partial charge < -0.3 is 4.90 Å². The van der Waals surface area contributed by atoms with Crippen LogP contribution in [-0.4, -0.2) is 62.4 Å². The molecule has 10 heteroatoms. The van der Waals surface area contributed by atoms with Gasteiger partial charge >= 0.3 is 0 Å². The summed E-state index contributed by atoms with van der Waals surface area (Å²) >= 11 is 2.85. The molecule has 1 aromatic heterocycles. The van der Waals surface area contributed by atoms with Crippen LogP contribution >= 0.6 is 35.5 Å².